The molecule has 3 aromatic rings. The third-order valence-corrected chi connectivity index (χ3v) is 5.20. The van der Waals surface area contributed by atoms with Gasteiger partial charge < -0.3 is 16.0 Å². The van der Waals surface area contributed by atoms with Gasteiger partial charge in [0.2, 0.25) is 0 Å². The molecule has 2 heterocycles. The van der Waals surface area contributed by atoms with Crippen LogP contribution in [0.2, 0.25) is 0 Å². The maximum Gasteiger partial charge on any atom is 0.271 e. The number of nitrogens with two attached hydrogens (primary N) is 1. The molecule has 0 saturated heterocycles. The molecular weight excluding hydrogens is 326 g/mol. The van der Waals surface area contributed by atoms with Crippen molar-refractivity contribution in [1.82, 2.24) is 20.3 Å². The first-order valence-corrected chi connectivity index (χ1v) is 9.08. The zero-order chi connectivity index (χ0) is 18.1. The fraction of sp³-hybridized carbons (Fsp3) is 0.350. The SMILES string of the molecule is Cc1c(-c2cncc(C(=O)NC3CCC(N)CC3)n2)[nH]c2ccccc12. The van der Waals surface area contributed by atoms with Gasteiger partial charge in [0.05, 0.1) is 18.1 Å². The van der Waals surface area contributed by atoms with Crippen molar-refractivity contribution in [3.8, 4) is 11.4 Å². The number of rotatable bonds is 3. The molecule has 0 radical (unpaired) electrons. The molecule has 1 saturated carbocycles. The highest BCUT2D eigenvalue weighted by Crippen LogP contribution is 2.28. The highest BCUT2D eigenvalue weighted by Gasteiger charge is 2.21. The second-order valence-electron chi connectivity index (χ2n) is 7.05. The Morgan fingerprint density at radius 2 is 1.96 bits per heavy atom. The normalized spacial score (nSPS) is 20.2. The highest BCUT2D eigenvalue weighted by molar-refractivity contribution is 5.93. The van der Waals surface area contributed by atoms with E-state index in [0.717, 1.165) is 47.8 Å². The van der Waals surface area contributed by atoms with Crippen molar-refractivity contribution in [2.24, 2.45) is 5.73 Å². The molecule has 1 fully saturated rings. The van der Waals surface area contributed by atoms with E-state index in [0.29, 0.717) is 11.4 Å². The lowest BCUT2D eigenvalue weighted by molar-refractivity contribution is 0.0920. The largest absolute Gasteiger partial charge is 0.353 e. The van der Waals surface area contributed by atoms with Gasteiger partial charge in [-0.15, -0.1) is 0 Å². The number of aromatic nitrogens is 3. The van der Waals surface area contributed by atoms with E-state index in [1.165, 1.54) is 6.20 Å². The number of fused-ring (bicyclic) bond motifs is 1. The lowest BCUT2D eigenvalue weighted by atomic mass is 9.92. The topological polar surface area (TPSA) is 96.7 Å². The van der Waals surface area contributed by atoms with Gasteiger partial charge in [-0.25, -0.2) is 4.98 Å². The number of carbonyl (C=O) groups is 1. The molecule has 1 aromatic carbocycles. The zero-order valence-electron chi connectivity index (χ0n) is 14.8. The summed E-state index contributed by atoms with van der Waals surface area (Å²) in [6.07, 6.45) is 6.94. The van der Waals surface area contributed by atoms with Crippen molar-refractivity contribution in [1.29, 1.82) is 0 Å². The smallest absolute Gasteiger partial charge is 0.271 e. The Hall–Kier alpha value is -2.73. The number of nitrogens with zero attached hydrogens (tertiary/aromatic N) is 2. The van der Waals surface area contributed by atoms with Gasteiger partial charge in [0.25, 0.3) is 5.91 Å². The minimum absolute atomic E-state index is 0.169. The second kappa shape index (κ2) is 6.88. The fourth-order valence-corrected chi connectivity index (χ4v) is 3.66. The van der Waals surface area contributed by atoms with Gasteiger partial charge >= 0.3 is 0 Å². The van der Waals surface area contributed by atoms with E-state index in [9.17, 15) is 4.79 Å². The molecule has 6 heteroatoms. The summed E-state index contributed by atoms with van der Waals surface area (Å²) in [5, 5.41) is 4.22. The standard InChI is InChI=1S/C20H23N5O/c1-12-15-4-2-3-5-16(15)25-19(12)17-10-22-11-18(24-17)20(26)23-14-8-6-13(21)7-9-14/h2-5,10-11,13-14,25H,6-9,21H2,1H3,(H,23,26). The number of aromatic amines is 1. The first-order chi connectivity index (χ1) is 12.6. The number of H-pyrrole nitrogens is 1. The van der Waals surface area contributed by atoms with Gasteiger partial charge in [0.1, 0.15) is 11.4 Å². The fourth-order valence-electron chi connectivity index (χ4n) is 3.66. The molecule has 134 valence electrons. The third-order valence-electron chi connectivity index (χ3n) is 5.20. The van der Waals surface area contributed by atoms with Gasteiger partial charge in [0, 0.05) is 23.0 Å². The summed E-state index contributed by atoms with van der Waals surface area (Å²) in [6.45, 7) is 2.05. The summed E-state index contributed by atoms with van der Waals surface area (Å²) >= 11 is 0. The van der Waals surface area contributed by atoms with E-state index < -0.39 is 0 Å². The van der Waals surface area contributed by atoms with Crippen molar-refractivity contribution in [3.05, 3.63) is 47.9 Å². The quantitative estimate of drug-likeness (QED) is 0.677. The molecule has 0 aliphatic heterocycles. The van der Waals surface area contributed by atoms with Gasteiger partial charge in [-0.05, 0) is 44.2 Å². The Kier molecular flexibility index (Phi) is 4.42. The molecule has 0 atom stereocenters. The van der Waals surface area contributed by atoms with Crippen molar-refractivity contribution in [2.45, 2.75) is 44.7 Å². The summed E-state index contributed by atoms with van der Waals surface area (Å²) in [7, 11) is 0. The molecule has 0 unspecified atom stereocenters. The van der Waals surface area contributed by atoms with Crippen LogP contribution >= 0.6 is 0 Å². The number of carbonyl (C=O) groups excluding carboxylic acids is 1. The van der Waals surface area contributed by atoms with Crippen LogP contribution in [0.5, 0.6) is 0 Å². The van der Waals surface area contributed by atoms with E-state index >= 15 is 0 Å². The first kappa shape index (κ1) is 16.7. The molecule has 0 spiro atoms. The molecule has 0 bridgehead atoms. The molecule has 6 nitrogen and oxygen atoms in total. The Labute approximate surface area is 152 Å². The summed E-state index contributed by atoms with van der Waals surface area (Å²) in [5.74, 6) is -0.173. The first-order valence-electron chi connectivity index (χ1n) is 9.08. The minimum Gasteiger partial charge on any atom is -0.353 e. The molecular formula is C20H23N5O. The van der Waals surface area contributed by atoms with Crippen molar-refractivity contribution in [2.75, 3.05) is 0 Å². The number of hydrogen-bond acceptors (Lipinski definition) is 4. The van der Waals surface area contributed by atoms with Crippen LogP contribution in [0.1, 0.15) is 41.7 Å². The average molecular weight is 349 g/mol. The minimum atomic E-state index is -0.173. The summed E-state index contributed by atoms with van der Waals surface area (Å²) in [4.78, 5) is 24.7. The number of nitrogens with one attached hydrogen (secondary N) is 2. The van der Waals surface area contributed by atoms with E-state index in [2.05, 4.69) is 26.3 Å². The molecule has 26 heavy (non-hydrogen) atoms. The summed E-state index contributed by atoms with van der Waals surface area (Å²) in [6, 6.07) is 8.54. The third kappa shape index (κ3) is 3.20. The molecule has 1 aliphatic rings. The van der Waals surface area contributed by atoms with Crippen LogP contribution in [0.3, 0.4) is 0 Å². The van der Waals surface area contributed by atoms with Crippen LogP contribution in [0.15, 0.2) is 36.7 Å². The number of aryl methyl sites for hydroxylation is 1. The van der Waals surface area contributed by atoms with Crippen LogP contribution < -0.4 is 11.1 Å². The van der Waals surface area contributed by atoms with Crippen LogP contribution in [0.4, 0.5) is 0 Å². The van der Waals surface area contributed by atoms with Gasteiger partial charge in [0.15, 0.2) is 0 Å². The monoisotopic (exact) mass is 349 g/mol. The van der Waals surface area contributed by atoms with E-state index in [1.54, 1.807) is 6.20 Å². The number of amides is 1. The van der Waals surface area contributed by atoms with Crippen LogP contribution in [0.25, 0.3) is 22.3 Å². The maximum absolute atomic E-state index is 12.6. The Balaban J connectivity index is 1.58. The van der Waals surface area contributed by atoms with Crippen molar-refractivity contribution < 1.29 is 4.79 Å². The van der Waals surface area contributed by atoms with Crippen LogP contribution in [-0.2, 0) is 0 Å². The van der Waals surface area contributed by atoms with E-state index in [1.807, 2.05) is 25.1 Å². The van der Waals surface area contributed by atoms with Crippen LogP contribution in [0, 0.1) is 6.92 Å². The molecule has 2 aromatic heterocycles. The van der Waals surface area contributed by atoms with Gasteiger partial charge in [-0.3, -0.25) is 9.78 Å². The van der Waals surface area contributed by atoms with Gasteiger partial charge in [-0.2, -0.15) is 0 Å². The van der Waals surface area contributed by atoms with Crippen molar-refractivity contribution in [3.63, 3.8) is 0 Å². The van der Waals surface area contributed by atoms with E-state index in [-0.39, 0.29) is 18.0 Å². The zero-order valence-corrected chi connectivity index (χ0v) is 14.8. The predicted molar refractivity (Wildman–Crippen MR) is 102 cm³/mol. The second-order valence-corrected chi connectivity index (χ2v) is 7.05. The van der Waals surface area contributed by atoms with Crippen LogP contribution in [-0.4, -0.2) is 32.9 Å². The lowest BCUT2D eigenvalue weighted by Gasteiger charge is -2.26. The molecule has 4 N–H and O–H groups in total. The number of para-hydroxylation sites is 1. The lowest BCUT2D eigenvalue weighted by Crippen LogP contribution is -2.40. The molecule has 1 amide bonds. The predicted octanol–water partition coefficient (Wildman–Crippen LogP) is 2.93. The number of hydrogen-bond donors (Lipinski definition) is 3. The Morgan fingerprint density at radius 3 is 2.73 bits per heavy atom. The summed E-state index contributed by atoms with van der Waals surface area (Å²) < 4.78 is 0. The molecule has 1 aliphatic carbocycles. The van der Waals surface area contributed by atoms with Crippen molar-refractivity contribution >= 4 is 16.8 Å². The number of benzene rings is 1. The summed E-state index contributed by atoms with van der Waals surface area (Å²) in [5.41, 5.74) is 10.0. The highest BCUT2D eigenvalue weighted by atomic mass is 16.1. The Morgan fingerprint density at radius 1 is 1.19 bits per heavy atom. The van der Waals surface area contributed by atoms with Gasteiger partial charge in [-0.1, -0.05) is 18.2 Å². The van der Waals surface area contributed by atoms with E-state index in [4.69, 9.17) is 5.73 Å². The average Bonchev–Trinajstić information content (AvgIpc) is 3.01. The Bertz CT molecular complexity index is 940. The molecule has 4 rings (SSSR count). The maximum atomic E-state index is 12.6.